The molecule has 1 heterocycles. The standard InChI is InChI=1S/C17H20O4/c1-3-4-10-13-14(12-8-6-5-7-9-12)11-15(17(19)20-2)21-16(13)18/h5-9,11,13-14H,3-4,10H2,1-2H3/t13-,14+/m0/s1. The fraction of sp³-hybridized carbons (Fsp3) is 0.412. The highest BCUT2D eigenvalue weighted by atomic mass is 16.6. The highest BCUT2D eigenvalue weighted by Gasteiger charge is 2.36. The number of allylic oxidation sites excluding steroid dienone is 1. The van der Waals surface area contributed by atoms with Crippen LogP contribution in [0.5, 0.6) is 0 Å². The van der Waals surface area contributed by atoms with E-state index in [0.717, 1.165) is 24.8 Å². The molecular weight excluding hydrogens is 268 g/mol. The second kappa shape index (κ2) is 7.07. The molecule has 0 aromatic heterocycles. The van der Waals surface area contributed by atoms with E-state index in [1.807, 2.05) is 30.3 Å². The summed E-state index contributed by atoms with van der Waals surface area (Å²) in [6.07, 6.45) is 4.42. The molecule has 0 saturated heterocycles. The van der Waals surface area contributed by atoms with Gasteiger partial charge in [0.2, 0.25) is 5.76 Å². The lowest BCUT2D eigenvalue weighted by Crippen LogP contribution is -2.30. The van der Waals surface area contributed by atoms with Gasteiger partial charge in [0.1, 0.15) is 0 Å². The number of rotatable bonds is 5. The first-order valence-electron chi connectivity index (χ1n) is 7.24. The molecule has 2 atom stereocenters. The van der Waals surface area contributed by atoms with Crippen molar-refractivity contribution in [2.75, 3.05) is 7.11 Å². The number of benzene rings is 1. The minimum Gasteiger partial charge on any atom is -0.463 e. The lowest BCUT2D eigenvalue weighted by molar-refractivity contribution is -0.154. The van der Waals surface area contributed by atoms with E-state index in [2.05, 4.69) is 11.7 Å². The Hall–Kier alpha value is -2.10. The lowest BCUT2D eigenvalue weighted by atomic mass is 9.81. The van der Waals surface area contributed by atoms with Crippen LogP contribution in [0.4, 0.5) is 0 Å². The third-order valence-corrected chi connectivity index (χ3v) is 3.72. The van der Waals surface area contributed by atoms with Crippen molar-refractivity contribution in [3.8, 4) is 0 Å². The number of carbonyl (C=O) groups excluding carboxylic acids is 2. The number of hydrogen-bond donors (Lipinski definition) is 0. The molecule has 0 unspecified atom stereocenters. The van der Waals surface area contributed by atoms with E-state index >= 15 is 0 Å². The van der Waals surface area contributed by atoms with Gasteiger partial charge in [-0.15, -0.1) is 0 Å². The Bertz CT molecular complexity index is 533. The molecule has 0 spiro atoms. The number of esters is 2. The average Bonchev–Trinajstić information content (AvgIpc) is 2.53. The minimum atomic E-state index is -0.613. The molecule has 0 fully saturated rings. The Morgan fingerprint density at radius 1 is 1.29 bits per heavy atom. The molecule has 4 nitrogen and oxygen atoms in total. The van der Waals surface area contributed by atoms with Crippen molar-refractivity contribution >= 4 is 11.9 Å². The molecule has 1 aliphatic rings. The van der Waals surface area contributed by atoms with Gasteiger partial charge in [-0.2, -0.15) is 0 Å². The normalized spacial score (nSPS) is 21.4. The summed E-state index contributed by atoms with van der Waals surface area (Å²) in [5.74, 6) is -1.36. The molecule has 0 bridgehead atoms. The zero-order valence-corrected chi connectivity index (χ0v) is 12.4. The number of unbranched alkanes of at least 4 members (excludes halogenated alkanes) is 1. The maximum atomic E-state index is 12.2. The zero-order valence-electron chi connectivity index (χ0n) is 12.4. The second-order valence-corrected chi connectivity index (χ2v) is 5.13. The maximum Gasteiger partial charge on any atom is 0.373 e. The summed E-state index contributed by atoms with van der Waals surface area (Å²) in [4.78, 5) is 23.9. The SMILES string of the molecule is CCCC[C@@H]1C(=O)OC(C(=O)OC)=C[C@@H]1c1ccccc1. The summed E-state index contributed by atoms with van der Waals surface area (Å²) in [6.45, 7) is 2.08. The van der Waals surface area contributed by atoms with E-state index in [0.29, 0.717) is 0 Å². The van der Waals surface area contributed by atoms with Crippen molar-refractivity contribution < 1.29 is 19.1 Å². The van der Waals surface area contributed by atoms with Crippen LogP contribution in [-0.2, 0) is 19.1 Å². The van der Waals surface area contributed by atoms with Crippen LogP contribution in [0.3, 0.4) is 0 Å². The van der Waals surface area contributed by atoms with E-state index in [-0.39, 0.29) is 23.6 Å². The first kappa shape index (κ1) is 15.3. The molecule has 2 rings (SSSR count). The fourth-order valence-electron chi connectivity index (χ4n) is 2.58. The Morgan fingerprint density at radius 3 is 2.62 bits per heavy atom. The summed E-state index contributed by atoms with van der Waals surface area (Å²) in [6, 6.07) is 9.72. The van der Waals surface area contributed by atoms with Gasteiger partial charge in [-0.05, 0) is 18.1 Å². The van der Waals surface area contributed by atoms with Gasteiger partial charge < -0.3 is 9.47 Å². The van der Waals surface area contributed by atoms with Gasteiger partial charge in [0, 0.05) is 5.92 Å². The van der Waals surface area contributed by atoms with Crippen LogP contribution in [0.25, 0.3) is 0 Å². The molecule has 1 aliphatic heterocycles. The number of carbonyl (C=O) groups is 2. The van der Waals surface area contributed by atoms with E-state index in [1.54, 1.807) is 6.08 Å². The summed E-state index contributed by atoms with van der Waals surface area (Å²) < 4.78 is 9.80. The van der Waals surface area contributed by atoms with Crippen molar-refractivity contribution in [2.45, 2.75) is 32.1 Å². The van der Waals surface area contributed by atoms with Crippen LogP contribution < -0.4 is 0 Å². The summed E-state index contributed by atoms with van der Waals surface area (Å²) in [5, 5.41) is 0. The van der Waals surface area contributed by atoms with E-state index < -0.39 is 5.97 Å². The predicted molar refractivity (Wildman–Crippen MR) is 78.4 cm³/mol. The topological polar surface area (TPSA) is 52.6 Å². The van der Waals surface area contributed by atoms with E-state index in [4.69, 9.17) is 4.74 Å². The predicted octanol–water partition coefficient (Wildman–Crippen LogP) is 3.19. The third kappa shape index (κ3) is 3.51. The monoisotopic (exact) mass is 288 g/mol. The van der Waals surface area contributed by atoms with Gasteiger partial charge in [0.05, 0.1) is 13.0 Å². The van der Waals surface area contributed by atoms with Crippen molar-refractivity contribution in [1.29, 1.82) is 0 Å². The lowest BCUT2D eigenvalue weighted by Gasteiger charge is -2.28. The smallest absolute Gasteiger partial charge is 0.373 e. The number of hydrogen-bond acceptors (Lipinski definition) is 4. The van der Waals surface area contributed by atoms with Crippen molar-refractivity contribution in [1.82, 2.24) is 0 Å². The summed E-state index contributed by atoms with van der Waals surface area (Å²) in [5.41, 5.74) is 1.01. The molecule has 0 saturated carbocycles. The molecule has 0 N–H and O–H groups in total. The second-order valence-electron chi connectivity index (χ2n) is 5.13. The van der Waals surface area contributed by atoms with Gasteiger partial charge in [-0.1, -0.05) is 50.1 Å². The number of ether oxygens (including phenoxy) is 2. The molecule has 0 amide bonds. The maximum absolute atomic E-state index is 12.2. The Balaban J connectivity index is 2.35. The third-order valence-electron chi connectivity index (χ3n) is 3.72. The van der Waals surface area contributed by atoms with Gasteiger partial charge in [0.25, 0.3) is 0 Å². The molecule has 1 aromatic rings. The summed E-state index contributed by atoms with van der Waals surface area (Å²) in [7, 11) is 1.28. The highest BCUT2D eigenvalue weighted by molar-refractivity contribution is 5.92. The highest BCUT2D eigenvalue weighted by Crippen LogP contribution is 2.36. The Morgan fingerprint density at radius 2 is 2.00 bits per heavy atom. The van der Waals surface area contributed by atoms with Crippen LogP contribution in [-0.4, -0.2) is 19.0 Å². The largest absolute Gasteiger partial charge is 0.463 e. The van der Waals surface area contributed by atoms with Crippen LogP contribution in [0.1, 0.15) is 37.7 Å². The first-order chi connectivity index (χ1) is 10.2. The van der Waals surface area contributed by atoms with Crippen molar-refractivity contribution in [3.05, 3.63) is 47.7 Å². The fourth-order valence-corrected chi connectivity index (χ4v) is 2.58. The Kier molecular flexibility index (Phi) is 5.14. The van der Waals surface area contributed by atoms with E-state index in [1.165, 1.54) is 7.11 Å². The van der Waals surface area contributed by atoms with Crippen LogP contribution >= 0.6 is 0 Å². The van der Waals surface area contributed by atoms with Crippen molar-refractivity contribution in [2.24, 2.45) is 5.92 Å². The van der Waals surface area contributed by atoms with Gasteiger partial charge >= 0.3 is 11.9 Å². The van der Waals surface area contributed by atoms with Crippen molar-refractivity contribution in [3.63, 3.8) is 0 Å². The number of methoxy groups -OCH3 is 1. The Labute approximate surface area is 124 Å². The van der Waals surface area contributed by atoms with Gasteiger partial charge in [-0.25, -0.2) is 4.79 Å². The molecular formula is C17H20O4. The molecule has 4 heteroatoms. The van der Waals surface area contributed by atoms with Crippen LogP contribution in [0, 0.1) is 5.92 Å². The molecule has 1 aromatic carbocycles. The quantitative estimate of drug-likeness (QED) is 0.781. The van der Waals surface area contributed by atoms with Gasteiger partial charge in [0.15, 0.2) is 0 Å². The van der Waals surface area contributed by atoms with Crippen LogP contribution in [0.2, 0.25) is 0 Å². The first-order valence-corrected chi connectivity index (χ1v) is 7.24. The van der Waals surface area contributed by atoms with E-state index in [9.17, 15) is 9.59 Å². The molecule has 0 aliphatic carbocycles. The number of cyclic esters (lactones) is 1. The average molecular weight is 288 g/mol. The minimum absolute atomic E-state index is 0.0101. The van der Waals surface area contributed by atoms with Crippen LogP contribution in [0.15, 0.2) is 42.2 Å². The van der Waals surface area contributed by atoms with Gasteiger partial charge in [-0.3, -0.25) is 4.79 Å². The molecule has 0 radical (unpaired) electrons. The molecule has 21 heavy (non-hydrogen) atoms. The molecule has 112 valence electrons. The zero-order chi connectivity index (χ0) is 15.2. The summed E-state index contributed by atoms with van der Waals surface area (Å²) >= 11 is 0.